The third-order valence-electron chi connectivity index (χ3n) is 2.51. The minimum atomic E-state index is -0.629. The van der Waals surface area contributed by atoms with Crippen molar-refractivity contribution in [3.05, 3.63) is 52.1 Å². The van der Waals surface area contributed by atoms with Crippen LogP contribution in [-0.2, 0) is 0 Å². The molecule has 0 radical (unpaired) electrons. The van der Waals surface area contributed by atoms with E-state index in [2.05, 4.69) is 4.99 Å². The first kappa shape index (κ1) is 12.9. The van der Waals surface area contributed by atoms with Gasteiger partial charge in [-0.3, -0.25) is 4.99 Å². The molecule has 5 nitrogen and oxygen atoms in total. The highest BCUT2D eigenvalue weighted by Gasteiger charge is 2.07. The van der Waals surface area contributed by atoms with Crippen molar-refractivity contribution in [2.24, 2.45) is 4.99 Å². The van der Waals surface area contributed by atoms with Gasteiger partial charge in [0.25, 0.3) is 0 Å². The second-order valence-corrected chi connectivity index (χ2v) is 3.87. The highest BCUT2D eigenvalue weighted by atomic mass is 16.5. The third kappa shape index (κ3) is 2.82. The number of aliphatic imine (C=N–C) groups is 1. The summed E-state index contributed by atoms with van der Waals surface area (Å²) < 4.78 is 10.0. The minimum absolute atomic E-state index is 0.0107. The summed E-state index contributed by atoms with van der Waals surface area (Å²) in [5.74, 6) is 0.763. The molecule has 1 aromatic heterocycles. The van der Waals surface area contributed by atoms with Crippen LogP contribution in [0, 0.1) is 6.92 Å². The molecule has 0 bridgehead atoms. The van der Waals surface area contributed by atoms with Crippen molar-refractivity contribution in [3.63, 3.8) is 0 Å². The van der Waals surface area contributed by atoms with E-state index < -0.39 is 5.63 Å². The van der Waals surface area contributed by atoms with E-state index in [0.717, 1.165) is 0 Å². The van der Waals surface area contributed by atoms with E-state index in [4.69, 9.17) is 9.15 Å². The zero-order valence-corrected chi connectivity index (χ0v) is 10.6. The maximum absolute atomic E-state index is 11.6. The van der Waals surface area contributed by atoms with Crippen molar-refractivity contribution >= 4 is 11.9 Å². The van der Waals surface area contributed by atoms with Crippen LogP contribution in [-0.4, -0.2) is 18.4 Å². The molecule has 0 aliphatic carbocycles. The molecule has 5 heteroatoms. The van der Waals surface area contributed by atoms with E-state index in [1.54, 1.807) is 25.1 Å². The smallest absolute Gasteiger partial charge is 0.348 e. The normalized spacial score (nSPS) is 10.8. The molecule has 0 unspecified atom stereocenters. The number of benzene rings is 1. The van der Waals surface area contributed by atoms with Gasteiger partial charge in [-0.05, 0) is 19.1 Å². The largest absolute Gasteiger partial charge is 0.507 e. The van der Waals surface area contributed by atoms with Gasteiger partial charge in [0.1, 0.15) is 28.5 Å². The molecular formula is C14H13NO4. The predicted octanol–water partition coefficient (Wildman–Crippen LogP) is 2.41. The molecular weight excluding hydrogens is 246 g/mol. The monoisotopic (exact) mass is 259 g/mol. The van der Waals surface area contributed by atoms with Crippen LogP contribution < -0.4 is 10.4 Å². The summed E-state index contributed by atoms with van der Waals surface area (Å²) in [6.07, 6.45) is 1.26. The Kier molecular flexibility index (Phi) is 3.66. The zero-order chi connectivity index (χ0) is 13.8. The highest BCUT2D eigenvalue weighted by Crippen LogP contribution is 2.26. The van der Waals surface area contributed by atoms with Crippen LogP contribution in [0.2, 0.25) is 0 Å². The Morgan fingerprint density at radius 2 is 2.11 bits per heavy atom. The molecule has 0 amide bonds. The Hall–Kier alpha value is -2.56. The van der Waals surface area contributed by atoms with Crippen LogP contribution in [0.3, 0.4) is 0 Å². The van der Waals surface area contributed by atoms with Gasteiger partial charge in [-0.15, -0.1) is 0 Å². The van der Waals surface area contributed by atoms with Crippen molar-refractivity contribution in [3.8, 4) is 11.5 Å². The van der Waals surface area contributed by atoms with Crippen LogP contribution in [0.4, 0.5) is 5.69 Å². The van der Waals surface area contributed by atoms with E-state index in [9.17, 15) is 9.90 Å². The molecule has 1 heterocycles. The second-order valence-electron chi connectivity index (χ2n) is 3.87. The topological polar surface area (TPSA) is 72.0 Å². The molecule has 1 N–H and O–H groups in total. The number of para-hydroxylation sites is 2. The molecule has 1 aromatic carbocycles. The lowest BCUT2D eigenvalue weighted by Crippen LogP contribution is -2.07. The summed E-state index contributed by atoms with van der Waals surface area (Å²) in [6.45, 7) is 1.59. The van der Waals surface area contributed by atoms with Gasteiger partial charge in [0.15, 0.2) is 0 Å². The van der Waals surface area contributed by atoms with Crippen LogP contribution in [0.25, 0.3) is 0 Å². The number of nitrogens with zero attached hydrogens (tertiary/aromatic N) is 1. The first-order valence-electron chi connectivity index (χ1n) is 5.62. The molecule has 0 atom stereocenters. The molecule has 0 aliphatic rings. The molecule has 0 saturated carbocycles. The summed E-state index contributed by atoms with van der Waals surface area (Å²) in [6, 6.07) is 8.47. The highest BCUT2D eigenvalue weighted by molar-refractivity contribution is 5.85. The standard InChI is InChI=1S/C14H13NO4/c1-9-7-12(16)10(14(17)19-9)8-15-11-5-3-4-6-13(11)18-2/h3-8,16H,1-2H3. The van der Waals surface area contributed by atoms with Gasteiger partial charge in [0.05, 0.1) is 7.11 Å². The maximum atomic E-state index is 11.6. The SMILES string of the molecule is COc1ccccc1N=Cc1c(O)cc(C)oc1=O. The Labute approximate surface area is 109 Å². The number of ether oxygens (including phenoxy) is 1. The quantitative estimate of drug-likeness (QED) is 0.859. The Bertz CT molecular complexity index is 673. The minimum Gasteiger partial charge on any atom is -0.507 e. The molecule has 2 aromatic rings. The average Bonchev–Trinajstić information content (AvgIpc) is 2.38. The lowest BCUT2D eigenvalue weighted by molar-refractivity contribution is 0.416. The first-order valence-corrected chi connectivity index (χ1v) is 5.62. The summed E-state index contributed by atoms with van der Waals surface area (Å²) >= 11 is 0. The first-order chi connectivity index (χ1) is 9.11. The van der Waals surface area contributed by atoms with Gasteiger partial charge in [-0.25, -0.2) is 4.79 Å². The summed E-state index contributed by atoms with van der Waals surface area (Å²) in [4.78, 5) is 15.7. The summed E-state index contributed by atoms with van der Waals surface area (Å²) in [5, 5.41) is 9.69. The van der Waals surface area contributed by atoms with E-state index in [-0.39, 0.29) is 11.3 Å². The lowest BCUT2D eigenvalue weighted by atomic mass is 10.2. The molecule has 2 rings (SSSR count). The predicted molar refractivity (Wildman–Crippen MR) is 71.6 cm³/mol. The number of hydrogen-bond donors (Lipinski definition) is 1. The van der Waals surface area contributed by atoms with Crippen molar-refractivity contribution in [2.75, 3.05) is 7.11 Å². The lowest BCUT2D eigenvalue weighted by Gasteiger charge is -2.03. The van der Waals surface area contributed by atoms with Gasteiger partial charge in [0.2, 0.25) is 0 Å². The molecule has 0 saturated heterocycles. The molecule has 0 fully saturated rings. The number of aryl methyl sites for hydroxylation is 1. The van der Waals surface area contributed by atoms with E-state index in [1.807, 2.05) is 6.07 Å². The van der Waals surface area contributed by atoms with Crippen molar-refractivity contribution in [2.45, 2.75) is 6.92 Å². The van der Waals surface area contributed by atoms with Crippen LogP contribution in [0.5, 0.6) is 11.5 Å². The fourth-order valence-corrected chi connectivity index (χ4v) is 1.59. The molecule has 0 spiro atoms. The molecule has 98 valence electrons. The van der Waals surface area contributed by atoms with Crippen LogP contribution in [0.1, 0.15) is 11.3 Å². The van der Waals surface area contributed by atoms with Crippen molar-refractivity contribution in [1.82, 2.24) is 0 Å². The molecule has 0 aliphatic heterocycles. The van der Waals surface area contributed by atoms with Gasteiger partial charge in [-0.2, -0.15) is 0 Å². The van der Waals surface area contributed by atoms with Crippen LogP contribution >= 0.6 is 0 Å². The average molecular weight is 259 g/mol. The summed E-state index contributed by atoms with van der Waals surface area (Å²) in [7, 11) is 1.53. The maximum Gasteiger partial charge on any atom is 0.348 e. The Balaban J connectivity index is 2.41. The third-order valence-corrected chi connectivity index (χ3v) is 2.51. The van der Waals surface area contributed by atoms with Crippen LogP contribution in [0.15, 0.2) is 44.5 Å². The fraction of sp³-hybridized carbons (Fsp3) is 0.143. The van der Waals surface area contributed by atoms with Gasteiger partial charge >= 0.3 is 5.63 Å². The number of aromatic hydroxyl groups is 1. The number of hydrogen-bond acceptors (Lipinski definition) is 5. The van der Waals surface area contributed by atoms with Gasteiger partial charge in [-0.1, -0.05) is 12.1 Å². The summed E-state index contributed by atoms with van der Waals surface area (Å²) in [5.41, 5.74) is -0.0583. The van der Waals surface area contributed by atoms with E-state index in [0.29, 0.717) is 17.2 Å². The van der Waals surface area contributed by atoms with Gasteiger partial charge in [0, 0.05) is 12.3 Å². The fourth-order valence-electron chi connectivity index (χ4n) is 1.59. The van der Waals surface area contributed by atoms with Gasteiger partial charge < -0.3 is 14.3 Å². The second kappa shape index (κ2) is 5.39. The number of methoxy groups -OCH3 is 1. The van der Waals surface area contributed by atoms with Crippen molar-refractivity contribution < 1.29 is 14.3 Å². The van der Waals surface area contributed by atoms with Crippen molar-refractivity contribution in [1.29, 1.82) is 0 Å². The Morgan fingerprint density at radius 3 is 2.79 bits per heavy atom. The zero-order valence-electron chi connectivity index (χ0n) is 10.6. The van der Waals surface area contributed by atoms with E-state index in [1.165, 1.54) is 19.4 Å². The van der Waals surface area contributed by atoms with E-state index >= 15 is 0 Å². The number of rotatable bonds is 3. The molecule has 19 heavy (non-hydrogen) atoms. The Morgan fingerprint density at radius 1 is 1.37 bits per heavy atom.